The van der Waals surface area contributed by atoms with Gasteiger partial charge < -0.3 is 0 Å². The molecule has 0 radical (unpaired) electrons. The highest BCUT2D eigenvalue weighted by Gasteiger charge is 2.34. The average Bonchev–Trinajstić information content (AvgIpc) is 3.24. The van der Waals surface area contributed by atoms with Crippen LogP contribution < -0.4 is 0 Å². The molecule has 0 amide bonds. The Morgan fingerprint density at radius 2 is 1.63 bits per heavy atom. The van der Waals surface area contributed by atoms with Crippen LogP contribution in [-0.4, -0.2) is 49.8 Å². The Kier molecular flexibility index (Phi) is 3.60. The summed E-state index contributed by atoms with van der Waals surface area (Å²) >= 11 is 0. The van der Waals surface area contributed by atoms with Gasteiger partial charge >= 0.3 is 0 Å². The van der Waals surface area contributed by atoms with Crippen molar-refractivity contribution in [3.8, 4) is 0 Å². The maximum Gasteiger partial charge on any atom is 0.218 e. The minimum Gasteiger partial charge on any atom is -0.298 e. The summed E-state index contributed by atoms with van der Waals surface area (Å²) < 4.78 is 26.4. The predicted octanol–water partition coefficient (Wildman–Crippen LogP) is 1.30. The molecule has 1 saturated carbocycles. The van der Waals surface area contributed by atoms with E-state index < -0.39 is 10.0 Å². The van der Waals surface area contributed by atoms with E-state index in [1.807, 2.05) is 30.3 Å². The van der Waals surface area contributed by atoms with Crippen LogP contribution in [0, 0.1) is 0 Å². The highest BCUT2D eigenvalue weighted by atomic mass is 32.2. The van der Waals surface area contributed by atoms with Crippen LogP contribution in [0.2, 0.25) is 0 Å². The van der Waals surface area contributed by atoms with Crippen LogP contribution in [0.5, 0.6) is 0 Å². The number of hydrogen-bond donors (Lipinski definition) is 0. The first-order chi connectivity index (χ1) is 9.15. The molecule has 0 unspecified atom stereocenters. The first kappa shape index (κ1) is 13.1. The lowest BCUT2D eigenvalue weighted by molar-refractivity contribution is 0.180. The molecule has 0 aromatic heterocycles. The molecular weight excluding hydrogens is 260 g/mol. The van der Waals surface area contributed by atoms with E-state index >= 15 is 0 Å². The van der Waals surface area contributed by atoms with Crippen molar-refractivity contribution in [1.82, 2.24) is 9.21 Å². The first-order valence-electron chi connectivity index (χ1n) is 6.91. The SMILES string of the molecule is O=S(=O)(Cc1ccccc1)N1CCN(C2CC2)CC1. The van der Waals surface area contributed by atoms with Crippen LogP contribution in [0.15, 0.2) is 30.3 Å². The maximum atomic E-state index is 12.4. The molecule has 4 nitrogen and oxygen atoms in total. The van der Waals surface area contributed by atoms with Crippen molar-refractivity contribution < 1.29 is 8.42 Å². The highest BCUT2D eigenvalue weighted by Crippen LogP contribution is 2.28. The third-order valence-corrected chi connectivity index (χ3v) is 5.77. The third-order valence-electron chi connectivity index (χ3n) is 3.92. The second kappa shape index (κ2) is 5.23. The predicted molar refractivity (Wildman–Crippen MR) is 75.2 cm³/mol. The summed E-state index contributed by atoms with van der Waals surface area (Å²) in [6.45, 7) is 3.06. The summed E-state index contributed by atoms with van der Waals surface area (Å²) in [4.78, 5) is 2.43. The molecular formula is C14H20N2O2S. The summed E-state index contributed by atoms with van der Waals surface area (Å²) in [6.07, 6.45) is 2.58. The zero-order valence-corrected chi connectivity index (χ0v) is 11.8. The highest BCUT2D eigenvalue weighted by molar-refractivity contribution is 7.88. The number of rotatable bonds is 4. The molecule has 1 aromatic rings. The van der Waals surface area contributed by atoms with E-state index in [1.165, 1.54) is 12.8 Å². The second-order valence-electron chi connectivity index (χ2n) is 5.41. The van der Waals surface area contributed by atoms with Crippen molar-refractivity contribution >= 4 is 10.0 Å². The van der Waals surface area contributed by atoms with Crippen LogP contribution in [0.25, 0.3) is 0 Å². The van der Waals surface area contributed by atoms with Crippen LogP contribution in [0.4, 0.5) is 0 Å². The normalized spacial score (nSPS) is 22.5. The van der Waals surface area contributed by atoms with Crippen molar-refractivity contribution in [3.05, 3.63) is 35.9 Å². The van der Waals surface area contributed by atoms with E-state index in [0.29, 0.717) is 13.1 Å². The summed E-state index contributed by atoms with van der Waals surface area (Å²) in [5, 5.41) is 0. The number of benzene rings is 1. The quantitative estimate of drug-likeness (QED) is 0.834. The van der Waals surface area contributed by atoms with E-state index in [1.54, 1.807) is 4.31 Å². The Hall–Kier alpha value is -0.910. The fourth-order valence-electron chi connectivity index (χ4n) is 2.66. The average molecular weight is 280 g/mol. The number of nitrogens with zero attached hydrogens (tertiary/aromatic N) is 2. The van der Waals surface area contributed by atoms with Gasteiger partial charge in [-0.2, -0.15) is 4.31 Å². The Balaban J connectivity index is 1.61. The van der Waals surface area contributed by atoms with Gasteiger partial charge in [0.1, 0.15) is 0 Å². The molecule has 0 spiro atoms. The molecule has 1 heterocycles. The van der Waals surface area contributed by atoms with Gasteiger partial charge in [-0.05, 0) is 18.4 Å². The van der Waals surface area contributed by atoms with Gasteiger partial charge in [0.05, 0.1) is 5.75 Å². The maximum absolute atomic E-state index is 12.4. The molecule has 2 fully saturated rings. The topological polar surface area (TPSA) is 40.6 Å². The van der Waals surface area contributed by atoms with Crippen LogP contribution >= 0.6 is 0 Å². The van der Waals surface area contributed by atoms with Gasteiger partial charge in [0, 0.05) is 32.2 Å². The molecule has 1 saturated heterocycles. The van der Waals surface area contributed by atoms with E-state index in [0.717, 1.165) is 24.7 Å². The molecule has 1 aliphatic carbocycles. The summed E-state index contributed by atoms with van der Waals surface area (Å²) in [7, 11) is -3.16. The minimum atomic E-state index is -3.16. The molecule has 1 aliphatic heterocycles. The monoisotopic (exact) mass is 280 g/mol. The summed E-state index contributed by atoms with van der Waals surface area (Å²) in [6, 6.07) is 10.2. The Labute approximate surface area is 115 Å². The Bertz CT molecular complexity index is 518. The van der Waals surface area contributed by atoms with E-state index in [4.69, 9.17) is 0 Å². The Morgan fingerprint density at radius 1 is 1.00 bits per heavy atom. The van der Waals surface area contributed by atoms with Gasteiger partial charge in [-0.25, -0.2) is 8.42 Å². The largest absolute Gasteiger partial charge is 0.298 e. The lowest BCUT2D eigenvalue weighted by Crippen LogP contribution is -2.49. The zero-order valence-electron chi connectivity index (χ0n) is 11.0. The first-order valence-corrected chi connectivity index (χ1v) is 8.52. The van der Waals surface area contributed by atoms with E-state index in [2.05, 4.69) is 4.90 Å². The molecule has 104 valence electrons. The number of sulfonamides is 1. The van der Waals surface area contributed by atoms with Crippen LogP contribution in [0.3, 0.4) is 0 Å². The van der Waals surface area contributed by atoms with Gasteiger partial charge in [0.15, 0.2) is 0 Å². The molecule has 1 aromatic carbocycles. The smallest absolute Gasteiger partial charge is 0.218 e. The van der Waals surface area contributed by atoms with Crippen LogP contribution in [0.1, 0.15) is 18.4 Å². The van der Waals surface area contributed by atoms with Crippen molar-refractivity contribution in [2.75, 3.05) is 26.2 Å². The lowest BCUT2D eigenvalue weighted by atomic mass is 10.2. The molecule has 0 bridgehead atoms. The third kappa shape index (κ3) is 3.16. The van der Waals surface area contributed by atoms with Gasteiger partial charge in [0.2, 0.25) is 10.0 Å². The van der Waals surface area contributed by atoms with E-state index in [-0.39, 0.29) is 5.75 Å². The fourth-order valence-corrected chi connectivity index (χ4v) is 4.18. The molecule has 3 rings (SSSR count). The standard InChI is InChI=1S/C14H20N2O2S/c17-19(18,12-13-4-2-1-3-5-13)16-10-8-15(9-11-16)14-6-7-14/h1-5,14H,6-12H2. The van der Waals surface area contributed by atoms with Crippen molar-refractivity contribution in [1.29, 1.82) is 0 Å². The summed E-state index contributed by atoms with van der Waals surface area (Å²) in [5.41, 5.74) is 0.868. The van der Waals surface area contributed by atoms with Gasteiger partial charge in [0.25, 0.3) is 0 Å². The van der Waals surface area contributed by atoms with Crippen LogP contribution in [-0.2, 0) is 15.8 Å². The number of piperazine rings is 1. The molecule has 2 aliphatic rings. The van der Waals surface area contributed by atoms with Gasteiger partial charge in [-0.3, -0.25) is 4.90 Å². The molecule has 5 heteroatoms. The minimum absolute atomic E-state index is 0.122. The number of hydrogen-bond acceptors (Lipinski definition) is 3. The molecule has 19 heavy (non-hydrogen) atoms. The van der Waals surface area contributed by atoms with Crippen molar-refractivity contribution in [2.24, 2.45) is 0 Å². The van der Waals surface area contributed by atoms with E-state index in [9.17, 15) is 8.42 Å². The van der Waals surface area contributed by atoms with Gasteiger partial charge in [-0.15, -0.1) is 0 Å². The lowest BCUT2D eigenvalue weighted by Gasteiger charge is -2.34. The van der Waals surface area contributed by atoms with Crippen molar-refractivity contribution in [3.63, 3.8) is 0 Å². The summed E-state index contributed by atoms with van der Waals surface area (Å²) in [5.74, 6) is 0.122. The van der Waals surface area contributed by atoms with Gasteiger partial charge in [-0.1, -0.05) is 30.3 Å². The Morgan fingerprint density at radius 3 is 2.21 bits per heavy atom. The van der Waals surface area contributed by atoms with Crippen molar-refractivity contribution in [2.45, 2.75) is 24.6 Å². The molecule has 0 atom stereocenters. The molecule has 0 N–H and O–H groups in total. The second-order valence-corrected chi connectivity index (χ2v) is 7.38. The zero-order chi connectivity index (χ0) is 13.3. The fraction of sp³-hybridized carbons (Fsp3) is 0.571.